The van der Waals surface area contributed by atoms with Crippen molar-refractivity contribution in [3.8, 4) is 0 Å². The van der Waals surface area contributed by atoms with Crippen molar-refractivity contribution in [2.24, 2.45) is 17.8 Å². The second kappa shape index (κ2) is 8.30. The highest BCUT2D eigenvalue weighted by atomic mass is 16.3. The topological polar surface area (TPSA) is 64.0 Å². The van der Waals surface area contributed by atoms with E-state index >= 15 is 0 Å². The lowest BCUT2D eigenvalue weighted by Crippen LogP contribution is -2.40. The summed E-state index contributed by atoms with van der Waals surface area (Å²) in [7, 11) is 0. The minimum absolute atomic E-state index is 0.0815. The smallest absolute Gasteiger partial charge is 0.254 e. The summed E-state index contributed by atoms with van der Waals surface area (Å²) in [5.41, 5.74) is 1.77. The molecule has 5 nitrogen and oxygen atoms in total. The Kier molecular flexibility index (Phi) is 6.10. The molecule has 0 spiro atoms. The van der Waals surface area contributed by atoms with E-state index in [2.05, 4.69) is 4.90 Å². The van der Waals surface area contributed by atoms with Crippen molar-refractivity contribution in [1.29, 1.82) is 0 Å². The molecule has 2 aliphatic heterocycles. The average Bonchev–Trinajstić information content (AvgIpc) is 3.05. The number of carbonyl (C=O) groups excluding carboxylic acids is 1. The van der Waals surface area contributed by atoms with Gasteiger partial charge in [-0.05, 0) is 56.3 Å². The molecule has 0 aliphatic carbocycles. The number of likely N-dealkylation sites (tertiary alicyclic amines) is 2. The number of aliphatic hydroxyl groups excluding tert-OH is 2. The fraction of sp³-hybridized carbons (Fsp3) is 0.650. The first kappa shape index (κ1) is 18.4. The molecule has 0 unspecified atom stereocenters. The number of benzene rings is 1. The first-order valence-electron chi connectivity index (χ1n) is 9.41. The van der Waals surface area contributed by atoms with Crippen LogP contribution in [0.1, 0.15) is 28.8 Å². The van der Waals surface area contributed by atoms with Crippen LogP contribution >= 0.6 is 0 Å². The number of aliphatic hydroxyl groups is 2. The maximum atomic E-state index is 12.9. The molecular weight excluding hydrogens is 316 g/mol. The zero-order chi connectivity index (χ0) is 17.8. The third-order valence-electron chi connectivity index (χ3n) is 5.93. The van der Waals surface area contributed by atoms with Crippen LogP contribution < -0.4 is 0 Å². The van der Waals surface area contributed by atoms with Crippen LogP contribution in [-0.4, -0.2) is 71.9 Å². The quantitative estimate of drug-likeness (QED) is 0.845. The van der Waals surface area contributed by atoms with Gasteiger partial charge in [0.15, 0.2) is 0 Å². The van der Waals surface area contributed by atoms with Crippen molar-refractivity contribution >= 4 is 5.91 Å². The zero-order valence-corrected chi connectivity index (χ0v) is 15.1. The minimum atomic E-state index is 0.0815. The molecule has 0 saturated carbocycles. The molecular formula is C20H30N2O3. The summed E-state index contributed by atoms with van der Waals surface area (Å²) < 4.78 is 0. The van der Waals surface area contributed by atoms with Gasteiger partial charge in [-0.2, -0.15) is 0 Å². The minimum Gasteiger partial charge on any atom is -0.396 e. The Bertz CT molecular complexity index is 584. The van der Waals surface area contributed by atoms with Gasteiger partial charge in [-0.3, -0.25) is 4.79 Å². The van der Waals surface area contributed by atoms with Crippen LogP contribution in [0.15, 0.2) is 24.3 Å². The van der Waals surface area contributed by atoms with Crippen molar-refractivity contribution < 1.29 is 15.0 Å². The highest BCUT2D eigenvalue weighted by molar-refractivity contribution is 5.95. The van der Waals surface area contributed by atoms with Gasteiger partial charge in [0, 0.05) is 44.3 Å². The van der Waals surface area contributed by atoms with Crippen LogP contribution in [0.2, 0.25) is 0 Å². The Morgan fingerprint density at radius 2 is 1.76 bits per heavy atom. The van der Waals surface area contributed by atoms with E-state index in [0.717, 1.165) is 50.1 Å². The number of carbonyl (C=O) groups is 1. The molecule has 0 bridgehead atoms. The van der Waals surface area contributed by atoms with E-state index < -0.39 is 0 Å². The molecule has 3 rings (SSSR count). The van der Waals surface area contributed by atoms with E-state index in [1.165, 1.54) is 0 Å². The predicted octanol–water partition coefficient (Wildman–Crippen LogP) is 1.38. The number of nitrogens with zero attached hydrogens (tertiary/aromatic N) is 2. The number of aryl methyl sites for hydroxylation is 1. The van der Waals surface area contributed by atoms with E-state index in [-0.39, 0.29) is 25.0 Å². The molecule has 2 saturated heterocycles. The van der Waals surface area contributed by atoms with E-state index in [0.29, 0.717) is 18.4 Å². The summed E-state index contributed by atoms with van der Waals surface area (Å²) in [6.07, 6.45) is 2.08. The largest absolute Gasteiger partial charge is 0.396 e. The van der Waals surface area contributed by atoms with Crippen molar-refractivity contribution in [3.63, 3.8) is 0 Å². The highest BCUT2D eigenvalue weighted by Crippen LogP contribution is 2.28. The number of amides is 1. The fourth-order valence-electron chi connectivity index (χ4n) is 4.18. The lowest BCUT2D eigenvalue weighted by molar-refractivity contribution is 0.0775. The molecule has 2 fully saturated rings. The van der Waals surface area contributed by atoms with Crippen LogP contribution in [0.5, 0.6) is 0 Å². The van der Waals surface area contributed by atoms with E-state index in [4.69, 9.17) is 0 Å². The summed E-state index contributed by atoms with van der Waals surface area (Å²) in [5.74, 6) is 0.998. The SMILES string of the molecule is Cc1ccccc1C(=O)N1C[C@@H](CN2CCC(CO)CC2)[C@@H](CO)C1. The van der Waals surface area contributed by atoms with Gasteiger partial charge in [-0.1, -0.05) is 18.2 Å². The zero-order valence-electron chi connectivity index (χ0n) is 15.1. The first-order chi connectivity index (χ1) is 12.1. The van der Waals surface area contributed by atoms with Gasteiger partial charge < -0.3 is 20.0 Å². The number of piperidine rings is 1. The number of hydrogen-bond donors (Lipinski definition) is 2. The molecule has 25 heavy (non-hydrogen) atoms. The molecule has 138 valence electrons. The van der Waals surface area contributed by atoms with Crippen LogP contribution in [0.25, 0.3) is 0 Å². The van der Waals surface area contributed by atoms with E-state index in [1.807, 2.05) is 36.1 Å². The Hall–Kier alpha value is -1.43. The number of rotatable bonds is 5. The molecule has 0 radical (unpaired) electrons. The van der Waals surface area contributed by atoms with Crippen molar-refractivity contribution in [3.05, 3.63) is 35.4 Å². The van der Waals surface area contributed by atoms with Crippen LogP contribution in [0.4, 0.5) is 0 Å². The first-order valence-corrected chi connectivity index (χ1v) is 9.41. The predicted molar refractivity (Wildman–Crippen MR) is 97.4 cm³/mol. The van der Waals surface area contributed by atoms with Crippen LogP contribution in [0.3, 0.4) is 0 Å². The summed E-state index contributed by atoms with van der Waals surface area (Å²) in [5, 5.41) is 19.1. The Morgan fingerprint density at radius 1 is 1.08 bits per heavy atom. The fourth-order valence-corrected chi connectivity index (χ4v) is 4.18. The molecule has 0 aromatic heterocycles. The molecule has 1 aromatic carbocycles. The van der Waals surface area contributed by atoms with Gasteiger partial charge in [0.2, 0.25) is 0 Å². The van der Waals surface area contributed by atoms with E-state index in [1.54, 1.807) is 0 Å². The molecule has 2 atom stereocenters. The average molecular weight is 346 g/mol. The van der Waals surface area contributed by atoms with Gasteiger partial charge in [0.05, 0.1) is 0 Å². The highest BCUT2D eigenvalue weighted by Gasteiger charge is 2.36. The molecule has 2 aliphatic rings. The normalized spacial score (nSPS) is 25.5. The molecule has 2 heterocycles. The lowest BCUT2D eigenvalue weighted by atomic mass is 9.93. The second-order valence-electron chi connectivity index (χ2n) is 7.65. The molecule has 5 heteroatoms. The lowest BCUT2D eigenvalue weighted by Gasteiger charge is -2.33. The van der Waals surface area contributed by atoms with Gasteiger partial charge in [-0.15, -0.1) is 0 Å². The van der Waals surface area contributed by atoms with Crippen molar-refractivity contribution in [1.82, 2.24) is 9.80 Å². The third-order valence-corrected chi connectivity index (χ3v) is 5.93. The number of hydrogen-bond acceptors (Lipinski definition) is 4. The van der Waals surface area contributed by atoms with Gasteiger partial charge in [-0.25, -0.2) is 0 Å². The van der Waals surface area contributed by atoms with E-state index in [9.17, 15) is 15.0 Å². The Balaban J connectivity index is 1.61. The standard InChI is InChI=1S/C20H30N2O3/c1-15-4-2-3-5-19(15)20(25)22-11-17(18(12-22)14-24)10-21-8-6-16(13-23)7-9-21/h2-5,16-18,23-24H,6-14H2,1H3/t17-,18-/m1/s1. The Labute approximate surface area is 150 Å². The second-order valence-corrected chi connectivity index (χ2v) is 7.65. The molecule has 2 N–H and O–H groups in total. The summed E-state index contributed by atoms with van der Waals surface area (Å²) >= 11 is 0. The maximum absolute atomic E-state index is 12.9. The monoisotopic (exact) mass is 346 g/mol. The summed E-state index contributed by atoms with van der Waals surface area (Å²) in [4.78, 5) is 17.2. The Morgan fingerprint density at radius 3 is 2.40 bits per heavy atom. The maximum Gasteiger partial charge on any atom is 0.254 e. The van der Waals surface area contributed by atoms with Crippen LogP contribution in [-0.2, 0) is 0 Å². The third kappa shape index (κ3) is 4.22. The molecule has 1 aromatic rings. The van der Waals surface area contributed by atoms with Gasteiger partial charge in [0.25, 0.3) is 5.91 Å². The summed E-state index contributed by atoms with van der Waals surface area (Å²) in [6.45, 7) is 6.69. The van der Waals surface area contributed by atoms with Crippen molar-refractivity contribution in [2.45, 2.75) is 19.8 Å². The molecule has 1 amide bonds. The van der Waals surface area contributed by atoms with Gasteiger partial charge in [0.1, 0.15) is 0 Å². The van der Waals surface area contributed by atoms with Crippen molar-refractivity contribution in [2.75, 3.05) is 45.9 Å². The van der Waals surface area contributed by atoms with Gasteiger partial charge >= 0.3 is 0 Å². The summed E-state index contributed by atoms with van der Waals surface area (Å²) in [6, 6.07) is 7.71. The van der Waals surface area contributed by atoms with Crippen LogP contribution in [0, 0.1) is 24.7 Å².